The molecule has 0 aliphatic rings. The summed E-state index contributed by atoms with van der Waals surface area (Å²) in [6, 6.07) is 12.6. The van der Waals surface area contributed by atoms with Crippen molar-refractivity contribution in [2.75, 3.05) is 23.9 Å². The van der Waals surface area contributed by atoms with Crippen LogP contribution in [-0.4, -0.2) is 25.5 Å². The van der Waals surface area contributed by atoms with Crippen molar-refractivity contribution < 1.29 is 14.3 Å². The standard InChI is InChI=1S/C19H21ClN2O3/c1-13-6-4-5-7-17(13)21-19(24)10-11-22(14(2)23)15-8-9-18(25-3)16(20)12-15/h4-9,12H,10-11H2,1-3H3,(H,21,24). The maximum atomic E-state index is 12.2. The van der Waals surface area contributed by atoms with Crippen LogP contribution in [-0.2, 0) is 9.59 Å². The third-order valence-corrected chi connectivity index (χ3v) is 4.10. The van der Waals surface area contributed by atoms with Gasteiger partial charge in [-0.05, 0) is 36.8 Å². The van der Waals surface area contributed by atoms with Crippen LogP contribution in [0.2, 0.25) is 5.02 Å². The summed E-state index contributed by atoms with van der Waals surface area (Å²) in [5.41, 5.74) is 2.39. The Bertz CT molecular complexity index is 777. The smallest absolute Gasteiger partial charge is 0.226 e. The molecule has 2 aromatic carbocycles. The number of para-hydroxylation sites is 1. The number of amides is 2. The summed E-state index contributed by atoms with van der Waals surface area (Å²) in [6.07, 6.45) is 0.178. The summed E-state index contributed by atoms with van der Waals surface area (Å²) >= 11 is 6.12. The van der Waals surface area contributed by atoms with E-state index >= 15 is 0 Å². The molecular weight excluding hydrogens is 340 g/mol. The van der Waals surface area contributed by atoms with Gasteiger partial charge in [-0.15, -0.1) is 0 Å². The molecule has 25 heavy (non-hydrogen) atoms. The van der Waals surface area contributed by atoms with Crippen LogP contribution >= 0.6 is 11.6 Å². The van der Waals surface area contributed by atoms with Crippen molar-refractivity contribution in [2.24, 2.45) is 0 Å². The van der Waals surface area contributed by atoms with Crippen molar-refractivity contribution >= 4 is 34.8 Å². The van der Waals surface area contributed by atoms with E-state index < -0.39 is 0 Å². The van der Waals surface area contributed by atoms with E-state index in [2.05, 4.69) is 5.32 Å². The van der Waals surface area contributed by atoms with E-state index in [9.17, 15) is 9.59 Å². The van der Waals surface area contributed by atoms with Gasteiger partial charge in [-0.2, -0.15) is 0 Å². The number of nitrogens with zero attached hydrogens (tertiary/aromatic N) is 1. The number of aryl methyl sites for hydroxylation is 1. The van der Waals surface area contributed by atoms with E-state index in [0.29, 0.717) is 16.5 Å². The summed E-state index contributed by atoms with van der Waals surface area (Å²) in [5, 5.41) is 3.28. The van der Waals surface area contributed by atoms with Crippen molar-refractivity contribution in [3.05, 3.63) is 53.1 Å². The number of methoxy groups -OCH3 is 1. The first-order valence-electron chi connectivity index (χ1n) is 7.89. The van der Waals surface area contributed by atoms with Gasteiger partial charge in [0.25, 0.3) is 0 Å². The Balaban J connectivity index is 2.05. The molecule has 0 aliphatic heterocycles. The Kier molecular flexibility index (Phi) is 6.42. The number of benzene rings is 2. The second-order valence-corrected chi connectivity index (χ2v) is 6.01. The molecule has 2 rings (SSSR count). The third-order valence-electron chi connectivity index (χ3n) is 3.81. The molecule has 2 aromatic rings. The Morgan fingerprint density at radius 2 is 1.92 bits per heavy atom. The van der Waals surface area contributed by atoms with Gasteiger partial charge in [-0.1, -0.05) is 29.8 Å². The largest absolute Gasteiger partial charge is 0.495 e. The molecule has 1 N–H and O–H groups in total. The van der Waals surface area contributed by atoms with E-state index in [1.54, 1.807) is 18.2 Å². The lowest BCUT2D eigenvalue weighted by Crippen LogP contribution is -2.32. The fourth-order valence-corrected chi connectivity index (χ4v) is 2.68. The lowest BCUT2D eigenvalue weighted by molar-refractivity contribution is -0.117. The summed E-state index contributed by atoms with van der Waals surface area (Å²) in [5.74, 6) is 0.219. The Morgan fingerprint density at radius 3 is 2.52 bits per heavy atom. The Morgan fingerprint density at radius 1 is 1.20 bits per heavy atom. The van der Waals surface area contributed by atoms with E-state index in [4.69, 9.17) is 16.3 Å². The van der Waals surface area contributed by atoms with Gasteiger partial charge < -0.3 is 15.0 Å². The van der Waals surface area contributed by atoms with Crippen LogP contribution in [0.3, 0.4) is 0 Å². The molecule has 0 saturated carbocycles. The fourth-order valence-electron chi connectivity index (χ4n) is 2.43. The molecule has 2 amide bonds. The molecule has 6 heteroatoms. The molecule has 0 bridgehead atoms. The molecule has 132 valence electrons. The molecule has 0 heterocycles. The van der Waals surface area contributed by atoms with Crippen molar-refractivity contribution in [2.45, 2.75) is 20.3 Å². The number of ether oxygens (including phenoxy) is 1. The second-order valence-electron chi connectivity index (χ2n) is 5.60. The maximum Gasteiger partial charge on any atom is 0.226 e. The van der Waals surface area contributed by atoms with Crippen LogP contribution < -0.4 is 15.0 Å². The number of carbonyl (C=O) groups excluding carboxylic acids is 2. The van der Waals surface area contributed by atoms with Gasteiger partial charge in [0.1, 0.15) is 5.75 Å². The first kappa shape index (κ1) is 18.8. The molecule has 0 spiro atoms. The number of nitrogens with one attached hydrogen (secondary N) is 1. The molecule has 0 unspecified atom stereocenters. The van der Waals surface area contributed by atoms with E-state index in [-0.39, 0.29) is 24.8 Å². The first-order valence-corrected chi connectivity index (χ1v) is 8.27. The van der Waals surface area contributed by atoms with Crippen LogP contribution in [0.5, 0.6) is 5.75 Å². The van der Waals surface area contributed by atoms with Gasteiger partial charge >= 0.3 is 0 Å². The Hall–Kier alpha value is -2.53. The quantitative estimate of drug-likeness (QED) is 0.845. The number of anilines is 2. The van der Waals surface area contributed by atoms with Gasteiger partial charge in [0.15, 0.2) is 0 Å². The monoisotopic (exact) mass is 360 g/mol. The third kappa shape index (κ3) is 4.97. The average molecular weight is 361 g/mol. The van der Waals surface area contributed by atoms with Gasteiger partial charge in [0.05, 0.1) is 12.1 Å². The predicted molar refractivity (Wildman–Crippen MR) is 100 cm³/mol. The molecule has 0 atom stereocenters. The van der Waals surface area contributed by atoms with Crippen LogP contribution in [0.1, 0.15) is 18.9 Å². The highest BCUT2D eigenvalue weighted by Gasteiger charge is 2.15. The summed E-state index contributed by atoms with van der Waals surface area (Å²) in [6.45, 7) is 3.64. The minimum Gasteiger partial charge on any atom is -0.495 e. The molecule has 5 nitrogen and oxygen atoms in total. The second kappa shape index (κ2) is 8.53. The molecule has 0 radical (unpaired) electrons. The van der Waals surface area contributed by atoms with Crippen LogP contribution in [0.15, 0.2) is 42.5 Å². The number of hydrogen-bond acceptors (Lipinski definition) is 3. The SMILES string of the molecule is COc1ccc(N(CCC(=O)Nc2ccccc2C)C(C)=O)cc1Cl. The Labute approximate surface area is 152 Å². The molecule has 0 saturated heterocycles. The summed E-state index contributed by atoms with van der Waals surface area (Å²) < 4.78 is 5.12. The van der Waals surface area contributed by atoms with Crippen molar-refractivity contribution in [1.82, 2.24) is 0 Å². The van der Waals surface area contributed by atoms with Crippen LogP contribution in [0.4, 0.5) is 11.4 Å². The van der Waals surface area contributed by atoms with E-state index in [1.807, 2.05) is 31.2 Å². The predicted octanol–water partition coefficient (Wildman–Crippen LogP) is 4.04. The average Bonchev–Trinajstić information content (AvgIpc) is 2.57. The van der Waals surface area contributed by atoms with Crippen molar-refractivity contribution in [3.63, 3.8) is 0 Å². The zero-order valence-electron chi connectivity index (χ0n) is 14.5. The molecular formula is C19H21ClN2O3. The first-order chi connectivity index (χ1) is 11.9. The van der Waals surface area contributed by atoms with Crippen molar-refractivity contribution in [1.29, 1.82) is 0 Å². The molecule has 0 aliphatic carbocycles. The maximum absolute atomic E-state index is 12.2. The van der Waals surface area contributed by atoms with Crippen LogP contribution in [0, 0.1) is 6.92 Å². The highest BCUT2D eigenvalue weighted by molar-refractivity contribution is 6.32. The zero-order chi connectivity index (χ0) is 18.4. The van der Waals surface area contributed by atoms with Gasteiger partial charge in [-0.25, -0.2) is 0 Å². The number of rotatable bonds is 6. The number of halogens is 1. The van der Waals surface area contributed by atoms with E-state index in [0.717, 1.165) is 11.3 Å². The molecule has 0 aromatic heterocycles. The van der Waals surface area contributed by atoms with Gasteiger partial charge in [-0.3, -0.25) is 9.59 Å². The number of carbonyl (C=O) groups is 2. The highest BCUT2D eigenvalue weighted by atomic mass is 35.5. The minimum atomic E-state index is -0.162. The van der Waals surface area contributed by atoms with Gasteiger partial charge in [0, 0.05) is 31.3 Å². The zero-order valence-corrected chi connectivity index (χ0v) is 15.3. The normalized spacial score (nSPS) is 10.2. The van der Waals surface area contributed by atoms with Crippen LogP contribution in [0.25, 0.3) is 0 Å². The van der Waals surface area contributed by atoms with E-state index in [1.165, 1.54) is 18.9 Å². The summed E-state index contributed by atoms with van der Waals surface area (Å²) in [4.78, 5) is 25.7. The molecule has 0 fully saturated rings. The topological polar surface area (TPSA) is 58.6 Å². The number of hydrogen-bond donors (Lipinski definition) is 1. The fraction of sp³-hybridized carbons (Fsp3) is 0.263. The lowest BCUT2D eigenvalue weighted by atomic mass is 10.2. The minimum absolute atomic E-state index is 0.153. The highest BCUT2D eigenvalue weighted by Crippen LogP contribution is 2.29. The van der Waals surface area contributed by atoms with Gasteiger partial charge in [0.2, 0.25) is 11.8 Å². The summed E-state index contributed by atoms with van der Waals surface area (Å²) in [7, 11) is 1.53. The van der Waals surface area contributed by atoms with Crippen molar-refractivity contribution in [3.8, 4) is 5.75 Å². The lowest BCUT2D eigenvalue weighted by Gasteiger charge is -2.21.